The van der Waals surface area contributed by atoms with E-state index in [2.05, 4.69) is 10.1 Å². The van der Waals surface area contributed by atoms with Gasteiger partial charge in [-0.25, -0.2) is 0 Å². The van der Waals surface area contributed by atoms with Crippen LogP contribution in [0, 0.1) is 5.92 Å². The number of esters is 1. The lowest BCUT2D eigenvalue weighted by Crippen LogP contribution is -2.49. The number of hydrogen-bond donors (Lipinski definition) is 1. The molecule has 1 aliphatic rings. The van der Waals surface area contributed by atoms with Gasteiger partial charge in [-0.3, -0.25) is 9.59 Å². The van der Waals surface area contributed by atoms with Crippen LogP contribution in [-0.4, -0.2) is 63.3 Å². The lowest BCUT2D eigenvalue weighted by atomic mass is 10.1. The highest BCUT2D eigenvalue weighted by Gasteiger charge is 2.27. The number of nitrogens with zero attached hydrogens (tertiary/aromatic N) is 1. The third-order valence-electron chi connectivity index (χ3n) is 2.73. The van der Waals surface area contributed by atoms with E-state index in [1.807, 2.05) is 0 Å². The number of rotatable bonds is 4. The summed E-state index contributed by atoms with van der Waals surface area (Å²) in [4.78, 5) is 24.7. The summed E-state index contributed by atoms with van der Waals surface area (Å²) in [6.07, 6.45) is -0.446. The van der Waals surface area contributed by atoms with Crippen molar-refractivity contribution in [3.8, 4) is 0 Å². The van der Waals surface area contributed by atoms with E-state index in [9.17, 15) is 9.59 Å². The van der Waals surface area contributed by atoms with Gasteiger partial charge in [0.05, 0.1) is 19.6 Å². The standard InChI is InChI=1S/C11H20N2O4/c1-8(11(15)16-3)7-13(2)10(14)9-6-12-4-5-17-9/h8-9,12H,4-7H2,1-3H3. The van der Waals surface area contributed by atoms with Crippen molar-refractivity contribution in [2.24, 2.45) is 5.92 Å². The van der Waals surface area contributed by atoms with Crippen molar-refractivity contribution in [2.75, 3.05) is 40.4 Å². The second-order valence-electron chi connectivity index (χ2n) is 4.21. The smallest absolute Gasteiger partial charge is 0.310 e. The predicted molar refractivity (Wildman–Crippen MR) is 61.4 cm³/mol. The van der Waals surface area contributed by atoms with E-state index >= 15 is 0 Å². The van der Waals surface area contributed by atoms with Gasteiger partial charge < -0.3 is 19.7 Å². The molecule has 2 unspecified atom stereocenters. The van der Waals surface area contributed by atoms with E-state index in [1.165, 1.54) is 12.0 Å². The fraction of sp³-hybridized carbons (Fsp3) is 0.818. The van der Waals surface area contributed by atoms with Crippen LogP contribution in [0.25, 0.3) is 0 Å². The molecule has 1 fully saturated rings. The molecule has 0 radical (unpaired) electrons. The summed E-state index contributed by atoms with van der Waals surface area (Å²) >= 11 is 0. The topological polar surface area (TPSA) is 67.9 Å². The molecule has 0 bridgehead atoms. The van der Waals surface area contributed by atoms with Crippen LogP contribution >= 0.6 is 0 Å². The molecule has 1 N–H and O–H groups in total. The van der Waals surface area contributed by atoms with Crippen LogP contribution in [0.3, 0.4) is 0 Å². The van der Waals surface area contributed by atoms with Gasteiger partial charge in [0.2, 0.25) is 0 Å². The highest BCUT2D eigenvalue weighted by molar-refractivity contribution is 5.82. The summed E-state index contributed by atoms with van der Waals surface area (Å²) in [5, 5.41) is 3.09. The third kappa shape index (κ3) is 3.98. The number of carbonyl (C=O) groups is 2. The average Bonchev–Trinajstić information content (AvgIpc) is 2.37. The number of morpholine rings is 1. The number of hydrogen-bond acceptors (Lipinski definition) is 5. The van der Waals surface area contributed by atoms with E-state index in [0.717, 1.165) is 6.54 Å². The van der Waals surface area contributed by atoms with Gasteiger partial charge in [0.25, 0.3) is 5.91 Å². The minimum Gasteiger partial charge on any atom is -0.469 e. The number of ether oxygens (including phenoxy) is 2. The molecule has 1 heterocycles. The van der Waals surface area contributed by atoms with E-state index in [1.54, 1.807) is 14.0 Å². The molecule has 6 nitrogen and oxygen atoms in total. The largest absolute Gasteiger partial charge is 0.469 e. The van der Waals surface area contributed by atoms with Crippen LogP contribution in [0.2, 0.25) is 0 Å². The fourth-order valence-corrected chi connectivity index (χ4v) is 1.75. The Morgan fingerprint density at radius 3 is 2.82 bits per heavy atom. The average molecular weight is 244 g/mol. The number of nitrogens with one attached hydrogen (secondary N) is 1. The molecule has 0 aliphatic carbocycles. The van der Waals surface area contributed by atoms with Crippen molar-refractivity contribution < 1.29 is 19.1 Å². The first-order chi connectivity index (χ1) is 8.06. The second kappa shape index (κ2) is 6.56. The molecule has 6 heteroatoms. The van der Waals surface area contributed by atoms with Crippen molar-refractivity contribution in [2.45, 2.75) is 13.0 Å². The maximum absolute atomic E-state index is 12.0. The zero-order valence-electron chi connectivity index (χ0n) is 10.6. The number of amides is 1. The first kappa shape index (κ1) is 13.9. The van der Waals surface area contributed by atoms with Crippen LogP contribution in [0.5, 0.6) is 0 Å². The van der Waals surface area contributed by atoms with Gasteiger partial charge in [-0.15, -0.1) is 0 Å². The summed E-state index contributed by atoms with van der Waals surface area (Å²) in [6, 6.07) is 0. The molecular weight excluding hydrogens is 224 g/mol. The minimum absolute atomic E-state index is 0.104. The molecule has 0 aromatic rings. The van der Waals surface area contributed by atoms with Gasteiger partial charge in [0.15, 0.2) is 0 Å². The van der Waals surface area contributed by atoms with Crippen LogP contribution < -0.4 is 5.32 Å². The van der Waals surface area contributed by atoms with Crippen molar-refractivity contribution >= 4 is 11.9 Å². The molecule has 0 spiro atoms. The van der Waals surface area contributed by atoms with E-state index in [-0.39, 0.29) is 17.8 Å². The van der Waals surface area contributed by atoms with Gasteiger partial charge in [-0.1, -0.05) is 6.92 Å². The predicted octanol–water partition coefficient (Wildman–Crippen LogP) is -0.758. The van der Waals surface area contributed by atoms with Crippen LogP contribution in [0.1, 0.15) is 6.92 Å². The molecular formula is C11H20N2O4. The van der Waals surface area contributed by atoms with Crippen molar-refractivity contribution in [3.63, 3.8) is 0 Å². The maximum Gasteiger partial charge on any atom is 0.310 e. The monoisotopic (exact) mass is 244 g/mol. The number of carbonyl (C=O) groups excluding carboxylic acids is 2. The fourth-order valence-electron chi connectivity index (χ4n) is 1.75. The molecule has 1 saturated heterocycles. The van der Waals surface area contributed by atoms with Crippen LogP contribution in [0.15, 0.2) is 0 Å². The zero-order chi connectivity index (χ0) is 12.8. The minimum atomic E-state index is -0.446. The SMILES string of the molecule is COC(=O)C(C)CN(C)C(=O)C1CNCCO1. The summed E-state index contributed by atoms with van der Waals surface area (Å²) in [5.41, 5.74) is 0. The highest BCUT2D eigenvalue weighted by atomic mass is 16.5. The lowest BCUT2D eigenvalue weighted by molar-refractivity contribution is -0.149. The quantitative estimate of drug-likeness (QED) is 0.659. The summed E-state index contributed by atoms with van der Waals surface area (Å²) in [7, 11) is 3.01. The first-order valence-electron chi connectivity index (χ1n) is 5.71. The number of likely N-dealkylation sites (N-methyl/N-ethyl adjacent to an activating group) is 1. The van der Waals surface area contributed by atoms with Crippen molar-refractivity contribution in [1.82, 2.24) is 10.2 Å². The Bertz CT molecular complexity index is 277. The highest BCUT2D eigenvalue weighted by Crippen LogP contribution is 2.05. The Kier molecular flexibility index (Phi) is 5.37. The summed E-state index contributed by atoms with van der Waals surface area (Å²) in [5.74, 6) is -0.745. The second-order valence-corrected chi connectivity index (χ2v) is 4.21. The van der Waals surface area contributed by atoms with Crippen LogP contribution in [-0.2, 0) is 19.1 Å². The summed E-state index contributed by atoms with van der Waals surface area (Å²) in [6.45, 7) is 3.90. The van der Waals surface area contributed by atoms with Gasteiger partial charge >= 0.3 is 5.97 Å². The Hall–Kier alpha value is -1.14. The molecule has 1 aliphatic heterocycles. The van der Waals surface area contributed by atoms with Gasteiger partial charge in [-0.05, 0) is 0 Å². The molecule has 1 rings (SSSR count). The maximum atomic E-state index is 12.0. The van der Waals surface area contributed by atoms with Crippen LogP contribution in [0.4, 0.5) is 0 Å². The lowest BCUT2D eigenvalue weighted by Gasteiger charge is -2.28. The molecule has 0 aromatic carbocycles. The Labute approximate surface area is 101 Å². The molecule has 98 valence electrons. The summed E-state index contributed by atoms with van der Waals surface area (Å²) < 4.78 is 9.98. The normalized spacial score (nSPS) is 21.7. The van der Waals surface area contributed by atoms with E-state index in [0.29, 0.717) is 19.7 Å². The van der Waals surface area contributed by atoms with Crippen molar-refractivity contribution in [1.29, 1.82) is 0 Å². The molecule has 0 aromatic heterocycles. The Morgan fingerprint density at radius 2 is 2.29 bits per heavy atom. The Balaban J connectivity index is 2.43. The Morgan fingerprint density at radius 1 is 1.59 bits per heavy atom. The first-order valence-corrected chi connectivity index (χ1v) is 5.71. The molecule has 2 atom stereocenters. The molecule has 0 saturated carbocycles. The molecule has 17 heavy (non-hydrogen) atoms. The molecule has 1 amide bonds. The number of methoxy groups -OCH3 is 1. The van der Waals surface area contributed by atoms with Gasteiger partial charge in [0, 0.05) is 26.7 Å². The van der Waals surface area contributed by atoms with Gasteiger partial charge in [-0.2, -0.15) is 0 Å². The van der Waals surface area contributed by atoms with Gasteiger partial charge in [0.1, 0.15) is 6.10 Å². The zero-order valence-corrected chi connectivity index (χ0v) is 10.6. The van der Waals surface area contributed by atoms with E-state index in [4.69, 9.17) is 4.74 Å². The van der Waals surface area contributed by atoms with E-state index < -0.39 is 6.10 Å². The third-order valence-corrected chi connectivity index (χ3v) is 2.73. The van der Waals surface area contributed by atoms with Crippen molar-refractivity contribution in [3.05, 3.63) is 0 Å².